The van der Waals surface area contributed by atoms with Crippen LogP contribution in [-0.2, 0) is 11.2 Å². The molecule has 0 aliphatic heterocycles. The van der Waals surface area contributed by atoms with Crippen molar-refractivity contribution >= 4 is 5.91 Å². The Morgan fingerprint density at radius 3 is 2.50 bits per heavy atom. The molecular weight excluding hydrogens is 238 g/mol. The molecule has 0 heterocycles. The molecule has 0 spiro atoms. The van der Waals surface area contributed by atoms with Gasteiger partial charge in [-0.2, -0.15) is 0 Å². The number of hydrogen-bond acceptors (Lipinski definition) is 2. The molecule has 18 heavy (non-hydrogen) atoms. The molecule has 0 aliphatic rings. The Morgan fingerprint density at radius 1 is 1.33 bits per heavy atom. The van der Waals surface area contributed by atoms with Gasteiger partial charge in [0, 0.05) is 25.1 Å². The van der Waals surface area contributed by atoms with Crippen molar-refractivity contribution < 1.29 is 13.6 Å². The maximum Gasteiger partial charge on any atom is 0.220 e. The van der Waals surface area contributed by atoms with Gasteiger partial charge in [-0.25, -0.2) is 8.78 Å². The third-order valence-electron chi connectivity index (χ3n) is 2.48. The van der Waals surface area contributed by atoms with Crippen LogP contribution in [0.4, 0.5) is 8.78 Å². The summed E-state index contributed by atoms with van der Waals surface area (Å²) < 4.78 is 25.8. The molecular formula is C13H18F2N2O. The number of carbonyl (C=O) groups is 1. The molecule has 0 fully saturated rings. The van der Waals surface area contributed by atoms with Crippen molar-refractivity contribution in [3.63, 3.8) is 0 Å². The number of benzene rings is 1. The Labute approximate surface area is 105 Å². The van der Waals surface area contributed by atoms with Gasteiger partial charge in [0.15, 0.2) is 0 Å². The molecule has 0 saturated heterocycles. The van der Waals surface area contributed by atoms with Gasteiger partial charge in [0.1, 0.15) is 11.6 Å². The molecule has 3 N–H and O–H groups in total. The highest BCUT2D eigenvalue weighted by molar-refractivity contribution is 5.75. The van der Waals surface area contributed by atoms with Crippen LogP contribution in [0.2, 0.25) is 0 Å². The van der Waals surface area contributed by atoms with Crippen LogP contribution in [0.25, 0.3) is 0 Å². The van der Waals surface area contributed by atoms with Crippen LogP contribution in [-0.4, -0.2) is 18.5 Å². The van der Waals surface area contributed by atoms with Crippen molar-refractivity contribution in [1.82, 2.24) is 5.32 Å². The zero-order chi connectivity index (χ0) is 13.5. The molecule has 1 rings (SSSR count). The lowest BCUT2D eigenvalue weighted by molar-refractivity contribution is -0.121. The molecule has 1 atom stereocenters. The van der Waals surface area contributed by atoms with Crippen LogP contribution in [0.3, 0.4) is 0 Å². The fourth-order valence-corrected chi connectivity index (χ4v) is 1.55. The van der Waals surface area contributed by atoms with Gasteiger partial charge in [0.25, 0.3) is 0 Å². The van der Waals surface area contributed by atoms with Crippen molar-refractivity contribution in [2.24, 2.45) is 5.73 Å². The molecule has 1 amide bonds. The minimum atomic E-state index is -0.603. The van der Waals surface area contributed by atoms with Crippen molar-refractivity contribution in [3.05, 3.63) is 35.4 Å². The van der Waals surface area contributed by atoms with Crippen molar-refractivity contribution in [2.75, 3.05) is 6.54 Å². The van der Waals surface area contributed by atoms with Crippen LogP contribution in [0, 0.1) is 11.6 Å². The van der Waals surface area contributed by atoms with Crippen LogP contribution in [0.15, 0.2) is 18.2 Å². The number of hydrogen-bond donors (Lipinski definition) is 2. The summed E-state index contributed by atoms with van der Waals surface area (Å²) in [6, 6.07) is 3.34. The quantitative estimate of drug-likeness (QED) is 0.814. The predicted molar refractivity (Wildman–Crippen MR) is 66.0 cm³/mol. The van der Waals surface area contributed by atoms with E-state index in [0.717, 1.165) is 6.07 Å². The summed E-state index contributed by atoms with van der Waals surface area (Å²) in [6.07, 6.45) is 1.40. The topological polar surface area (TPSA) is 55.1 Å². The minimum Gasteiger partial charge on any atom is -0.356 e. The van der Waals surface area contributed by atoms with E-state index in [-0.39, 0.29) is 11.9 Å². The highest BCUT2D eigenvalue weighted by atomic mass is 19.1. The lowest BCUT2D eigenvalue weighted by Gasteiger charge is -2.07. The Morgan fingerprint density at radius 2 is 1.94 bits per heavy atom. The van der Waals surface area contributed by atoms with Crippen LogP contribution >= 0.6 is 0 Å². The molecule has 1 aromatic carbocycles. The molecule has 0 aromatic heterocycles. The van der Waals surface area contributed by atoms with Gasteiger partial charge in [-0.3, -0.25) is 4.79 Å². The fourth-order valence-electron chi connectivity index (χ4n) is 1.55. The average molecular weight is 256 g/mol. The van der Waals surface area contributed by atoms with E-state index in [4.69, 9.17) is 5.73 Å². The molecule has 5 heteroatoms. The van der Waals surface area contributed by atoms with Gasteiger partial charge in [-0.1, -0.05) is 0 Å². The second-order valence-corrected chi connectivity index (χ2v) is 4.39. The van der Waals surface area contributed by atoms with E-state index in [1.165, 1.54) is 12.1 Å². The first-order valence-corrected chi connectivity index (χ1v) is 5.94. The van der Waals surface area contributed by atoms with Crippen molar-refractivity contribution in [1.29, 1.82) is 0 Å². The van der Waals surface area contributed by atoms with Crippen LogP contribution < -0.4 is 11.1 Å². The van der Waals surface area contributed by atoms with Crippen molar-refractivity contribution in [2.45, 2.75) is 32.2 Å². The number of halogens is 2. The number of amides is 1. The lowest BCUT2D eigenvalue weighted by atomic mass is 10.1. The summed E-state index contributed by atoms with van der Waals surface area (Å²) in [4.78, 5) is 11.4. The van der Waals surface area contributed by atoms with Crippen molar-refractivity contribution in [3.8, 4) is 0 Å². The zero-order valence-electron chi connectivity index (χ0n) is 10.4. The van der Waals surface area contributed by atoms with E-state index in [0.29, 0.717) is 31.4 Å². The number of carbonyl (C=O) groups excluding carboxylic acids is 1. The van der Waals surface area contributed by atoms with Gasteiger partial charge in [0.2, 0.25) is 5.91 Å². The second-order valence-electron chi connectivity index (χ2n) is 4.39. The monoisotopic (exact) mass is 256 g/mol. The number of rotatable bonds is 6. The molecule has 1 aromatic rings. The first kappa shape index (κ1) is 14.6. The van der Waals surface area contributed by atoms with Gasteiger partial charge in [0.05, 0.1) is 0 Å². The molecule has 1 unspecified atom stereocenters. The largest absolute Gasteiger partial charge is 0.356 e. The van der Waals surface area contributed by atoms with Gasteiger partial charge in [-0.05, 0) is 37.5 Å². The van der Waals surface area contributed by atoms with E-state index in [9.17, 15) is 13.6 Å². The first-order valence-electron chi connectivity index (χ1n) is 5.94. The maximum atomic E-state index is 12.9. The number of nitrogens with one attached hydrogen (secondary N) is 1. The summed E-state index contributed by atoms with van der Waals surface area (Å²) >= 11 is 0. The maximum absolute atomic E-state index is 12.9. The summed E-state index contributed by atoms with van der Waals surface area (Å²) in [5.41, 5.74) is 6.06. The van der Waals surface area contributed by atoms with Gasteiger partial charge in [-0.15, -0.1) is 0 Å². The third kappa shape index (κ3) is 5.72. The Balaban J connectivity index is 2.30. The van der Waals surface area contributed by atoms with E-state index < -0.39 is 11.6 Å². The minimum absolute atomic E-state index is 0.00642. The molecule has 0 radical (unpaired) electrons. The van der Waals surface area contributed by atoms with Crippen LogP contribution in [0.1, 0.15) is 25.3 Å². The predicted octanol–water partition coefficient (Wildman–Crippen LogP) is 1.75. The average Bonchev–Trinajstić information content (AvgIpc) is 2.25. The van der Waals surface area contributed by atoms with E-state index in [1.54, 1.807) is 0 Å². The lowest BCUT2D eigenvalue weighted by Crippen LogP contribution is -2.27. The van der Waals surface area contributed by atoms with Crippen LogP contribution in [0.5, 0.6) is 0 Å². The summed E-state index contributed by atoms with van der Waals surface area (Å²) in [5.74, 6) is -1.30. The highest BCUT2D eigenvalue weighted by Crippen LogP contribution is 2.08. The second kappa shape index (κ2) is 7.06. The molecule has 0 saturated carbocycles. The summed E-state index contributed by atoms with van der Waals surface area (Å²) in [5, 5.41) is 2.69. The van der Waals surface area contributed by atoms with E-state index in [1.807, 2.05) is 6.92 Å². The van der Waals surface area contributed by atoms with Gasteiger partial charge < -0.3 is 11.1 Å². The molecule has 0 bridgehead atoms. The summed E-state index contributed by atoms with van der Waals surface area (Å²) in [6.45, 7) is 2.20. The molecule has 0 aliphatic carbocycles. The summed E-state index contributed by atoms with van der Waals surface area (Å²) in [7, 11) is 0. The Kier molecular flexibility index (Phi) is 5.71. The standard InChI is InChI=1S/C13H18F2N2O/c1-9(16)2-3-13(18)17-5-4-10-6-11(14)8-12(15)7-10/h6-9H,2-5,16H2,1H3,(H,17,18). The third-order valence-corrected chi connectivity index (χ3v) is 2.48. The first-order chi connectivity index (χ1) is 8.47. The van der Waals surface area contributed by atoms with E-state index >= 15 is 0 Å². The van der Waals surface area contributed by atoms with Gasteiger partial charge >= 0.3 is 0 Å². The molecule has 3 nitrogen and oxygen atoms in total. The SMILES string of the molecule is CC(N)CCC(=O)NCCc1cc(F)cc(F)c1. The molecule has 100 valence electrons. The zero-order valence-corrected chi connectivity index (χ0v) is 10.4. The normalized spacial score (nSPS) is 12.2. The number of nitrogens with two attached hydrogens (primary N) is 1. The smallest absolute Gasteiger partial charge is 0.220 e. The Hall–Kier alpha value is -1.49. The Bertz CT molecular complexity index is 388. The fraction of sp³-hybridized carbons (Fsp3) is 0.462. The highest BCUT2D eigenvalue weighted by Gasteiger charge is 2.04. The van der Waals surface area contributed by atoms with E-state index in [2.05, 4.69) is 5.32 Å².